The summed E-state index contributed by atoms with van der Waals surface area (Å²) in [5.74, 6) is -0.746. The first kappa shape index (κ1) is 10.4. The Bertz CT molecular complexity index is 147. The molecule has 0 aliphatic rings. The predicted molar refractivity (Wildman–Crippen MR) is 44.6 cm³/mol. The molecule has 0 amide bonds. The lowest BCUT2D eigenvalue weighted by molar-refractivity contribution is -0.149. The van der Waals surface area contributed by atoms with E-state index in [2.05, 4.69) is 0 Å². The zero-order chi connectivity index (χ0) is 9.07. The van der Waals surface area contributed by atoms with Gasteiger partial charge in [0, 0.05) is 0 Å². The maximum absolute atomic E-state index is 10.8. The molecule has 0 fully saturated rings. The summed E-state index contributed by atoms with van der Waals surface area (Å²) >= 11 is 0. The lowest BCUT2D eigenvalue weighted by atomic mass is 9.97. The Morgan fingerprint density at radius 1 is 1.55 bits per heavy atom. The first-order valence-corrected chi connectivity index (χ1v) is 3.93. The molecule has 1 N–H and O–H groups in total. The van der Waals surface area contributed by atoms with Crippen molar-refractivity contribution in [3.8, 4) is 0 Å². The minimum Gasteiger partial charge on any atom is -0.480 e. The molecule has 1 unspecified atom stereocenters. The van der Waals surface area contributed by atoms with Crippen molar-refractivity contribution < 1.29 is 9.90 Å². The fourth-order valence-corrected chi connectivity index (χ4v) is 0.933. The molecule has 0 saturated heterocycles. The Morgan fingerprint density at radius 3 is 2.09 bits per heavy atom. The van der Waals surface area contributed by atoms with Gasteiger partial charge in [0.2, 0.25) is 0 Å². The second kappa shape index (κ2) is 3.72. The van der Waals surface area contributed by atoms with Gasteiger partial charge in [-0.2, -0.15) is 0 Å². The van der Waals surface area contributed by atoms with E-state index in [1.54, 1.807) is 6.92 Å². The molecular formula is C8H17NO2. The Hall–Kier alpha value is -0.570. The van der Waals surface area contributed by atoms with Crippen molar-refractivity contribution in [1.29, 1.82) is 0 Å². The lowest BCUT2D eigenvalue weighted by Crippen LogP contribution is -2.49. The molecule has 0 spiro atoms. The zero-order valence-electron chi connectivity index (χ0n) is 7.72. The number of hydrogen-bond acceptors (Lipinski definition) is 2. The number of carbonyl (C=O) groups is 1. The highest BCUT2D eigenvalue weighted by Crippen LogP contribution is 2.16. The van der Waals surface area contributed by atoms with E-state index in [1.807, 2.05) is 25.8 Å². The molecule has 0 heterocycles. The third kappa shape index (κ3) is 1.93. The number of likely N-dealkylation sites (N-methyl/N-ethyl adjacent to an activating group) is 1. The van der Waals surface area contributed by atoms with Crippen molar-refractivity contribution in [3.05, 3.63) is 0 Å². The largest absolute Gasteiger partial charge is 0.480 e. The summed E-state index contributed by atoms with van der Waals surface area (Å²) in [6.45, 7) is 6.35. The fourth-order valence-electron chi connectivity index (χ4n) is 0.933. The van der Waals surface area contributed by atoms with Crippen LogP contribution in [-0.2, 0) is 4.79 Å². The average molecular weight is 159 g/mol. The van der Waals surface area contributed by atoms with Crippen LogP contribution in [0.3, 0.4) is 0 Å². The molecule has 1 atom stereocenters. The summed E-state index contributed by atoms with van der Waals surface area (Å²) in [4.78, 5) is 12.7. The summed E-state index contributed by atoms with van der Waals surface area (Å²) in [6.07, 6.45) is 0.632. The molecule has 0 aromatic heterocycles. The van der Waals surface area contributed by atoms with Crippen LogP contribution in [0.5, 0.6) is 0 Å². The molecule has 0 aliphatic carbocycles. The number of rotatable bonds is 4. The summed E-state index contributed by atoms with van der Waals surface area (Å²) in [6, 6.07) is 0. The predicted octanol–water partition coefficient (Wildman–Crippen LogP) is 1.19. The molecule has 0 aromatic carbocycles. The lowest BCUT2D eigenvalue weighted by Gasteiger charge is -2.33. The number of nitrogens with zero attached hydrogens (tertiary/aromatic N) is 1. The fraction of sp³-hybridized carbons (Fsp3) is 0.875. The number of aliphatic carboxylic acids is 1. The topological polar surface area (TPSA) is 40.5 Å². The van der Waals surface area contributed by atoms with Crippen molar-refractivity contribution >= 4 is 5.97 Å². The standard InChI is InChI=1S/C8H17NO2/c1-5-8(3,7(10)11)9(4)6-2/h5-6H2,1-4H3,(H,10,11). The van der Waals surface area contributed by atoms with Crippen LogP contribution < -0.4 is 0 Å². The highest BCUT2D eigenvalue weighted by Gasteiger charge is 2.34. The average Bonchev–Trinajstić information content (AvgIpc) is 2.01. The van der Waals surface area contributed by atoms with E-state index < -0.39 is 11.5 Å². The van der Waals surface area contributed by atoms with E-state index in [4.69, 9.17) is 5.11 Å². The first-order valence-electron chi connectivity index (χ1n) is 3.93. The van der Waals surface area contributed by atoms with Crippen molar-refractivity contribution in [2.24, 2.45) is 0 Å². The Labute approximate surface area is 68.0 Å². The van der Waals surface area contributed by atoms with Crippen LogP contribution in [0, 0.1) is 0 Å². The summed E-state index contributed by atoms with van der Waals surface area (Å²) in [7, 11) is 1.83. The van der Waals surface area contributed by atoms with Gasteiger partial charge in [0.25, 0.3) is 0 Å². The molecular weight excluding hydrogens is 142 g/mol. The Kier molecular flexibility index (Phi) is 3.52. The van der Waals surface area contributed by atoms with Crippen LogP contribution in [0.15, 0.2) is 0 Å². The van der Waals surface area contributed by atoms with Crippen molar-refractivity contribution in [3.63, 3.8) is 0 Å². The molecule has 0 aromatic rings. The highest BCUT2D eigenvalue weighted by atomic mass is 16.4. The van der Waals surface area contributed by atoms with Gasteiger partial charge in [0.05, 0.1) is 0 Å². The van der Waals surface area contributed by atoms with Gasteiger partial charge in [-0.25, -0.2) is 0 Å². The van der Waals surface area contributed by atoms with E-state index in [0.29, 0.717) is 6.42 Å². The van der Waals surface area contributed by atoms with Crippen LogP contribution in [0.25, 0.3) is 0 Å². The van der Waals surface area contributed by atoms with Gasteiger partial charge in [0.15, 0.2) is 0 Å². The van der Waals surface area contributed by atoms with Gasteiger partial charge in [-0.1, -0.05) is 13.8 Å². The molecule has 3 heteroatoms. The number of hydrogen-bond donors (Lipinski definition) is 1. The van der Waals surface area contributed by atoms with E-state index in [1.165, 1.54) is 0 Å². The second-order valence-corrected chi connectivity index (χ2v) is 2.95. The van der Waals surface area contributed by atoms with E-state index in [-0.39, 0.29) is 0 Å². The normalized spacial score (nSPS) is 16.5. The summed E-state index contributed by atoms with van der Waals surface area (Å²) in [5.41, 5.74) is -0.700. The minimum atomic E-state index is -0.746. The molecule has 0 rings (SSSR count). The van der Waals surface area contributed by atoms with Gasteiger partial charge in [0.1, 0.15) is 5.54 Å². The number of carboxylic acid groups (broad SMARTS) is 1. The van der Waals surface area contributed by atoms with Gasteiger partial charge < -0.3 is 5.11 Å². The van der Waals surface area contributed by atoms with Crippen molar-refractivity contribution in [1.82, 2.24) is 4.90 Å². The summed E-state index contributed by atoms with van der Waals surface area (Å²) in [5, 5.41) is 8.89. The molecule has 0 saturated carbocycles. The van der Waals surface area contributed by atoms with Gasteiger partial charge >= 0.3 is 5.97 Å². The molecule has 0 radical (unpaired) electrons. The quantitative estimate of drug-likeness (QED) is 0.670. The van der Waals surface area contributed by atoms with Crippen LogP contribution >= 0.6 is 0 Å². The highest BCUT2D eigenvalue weighted by molar-refractivity contribution is 5.78. The zero-order valence-corrected chi connectivity index (χ0v) is 7.72. The van der Waals surface area contributed by atoms with Gasteiger partial charge in [-0.3, -0.25) is 9.69 Å². The van der Waals surface area contributed by atoms with Crippen LogP contribution in [-0.4, -0.2) is 35.1 Å². The van der Waals surface area contributed by atoms with E-state index >= 15 is 0 Å². The maximum Gasteiger partial charge on any atom is 0.323 e. The van der Waals surface area contributed by atoms with Crippen molar-refractivity contribution in [2.75, 3.05) is 13.6 Å². The molecule has 66 valence electrons. The van der Waals surface area contributed by atoms with Crippen LogP contribution in [0.4, 0.5) is 0 Å². The molecule has 0 aliphatic heterocycles. The number of carboxylic acids is 1. The molecule has 3 nitrogen and oxygen atoms in total. The monoisotopic (exact) mass is 159 g/mol. The minimum absolute atomic E-state index is 0.632. The Morgan fingerprint density at radius 2 is 2.00 bits per heavy atom. The first-order chi connectivity index (χ1) is 4.99. The van der Waals surface area contributed by atoms with Crippen LogP contribution in [0.1, 0.15) is 27.2 Å². The summed E-state index contributed by atoms with van der Waals surface area (Å²) < 4.78 is 0. The second-order valence-electron chi connectivity index (χ2n) is 2.95. The third-order valence-corrected chi connectivity index (χ3v) is 2.47. The van der Waals surface area contributed by atoms with Crippen LogP contribution in [0.2, 0.25) is 0 Å². The van der Waals surface area contributed by atoms with E-state index in [9.17, 15) is 4.79 Å². The SMILES string of the molecule is CCN(C)C(C)(CC)C(=O)O. The van der Waals surface area contributed by atoms with Gasteiger partial charge in [-0.05, 0) is 26.9 Å². The smallest absolute Gasteiger partial charge is 0.323 e. The van der Waals surface area contributed by atoms with Crippen molar-refractivity contribution in [2.45, 2.75) is 32.7 Å². The van der Waals surface area contributed by atoms with E-state index in [0.717, 1.165) is 6.54 Å². The molecule has 0 bridgehead atoms. The Balaban J connectivity index is 4.45. The third-order valence-electron chi connectivity index (χ3n) is 2.47. The molecule has 11 heavy (non-hydrogen) atoms. The van der Waals surface area contributed by atoms with Gasteiger partial charge in [-0.15, -0.1) is 0 Å². The maximum atomic E-state index is 10.8.